The lowest BCUT2D eigenvalue weighted by Crippen LogP contribution is -2.06. The van der Waals surface area contributed by atoms with E-state index in [0.29, 0.717) is 18.2 Å². The summed E-state index contributed by atoms with van der Waals surface area (Å²) in [6.07, 6.45) is 0. The summed E-state index contributed by atoms with van der Waals surface area (Å²) in [7, 11) is 0. The molecule has 0 amide bonds. The maximum atomic E-state index is 6.76. The molecule has 1 aliphatic carbocycles. The van der Waals surface area contributed by atoms with E-state index in [4.69, 9.17) is 14.4 Å². The molecule has 0 spiro atoms. The molecule has 0 atom stereocenters. The van der Waals surface area contributed by atoms with Crippen LogP contribution in [0, 0.1) is 0 Å². The highest BCUT2D eigenvalue weighted by Crippen LogP contribution is 2.50. The lowest BCUT2D eigenvalue weighted by atomic mass is 9.93. The minimum atomic E-state index is 0.478. The lowest BCUT2D eigenvalue weighted by molar-refractivity contribution is 0.670. The molecular weight excluding hydrogens is 659 g/mol. The van der Waals surface area contributed by atoms with Crippen molar-refractivity contribution in [3.8, 4) is 44.5 Å². The fourth-order valence-corrected chi connectivity index (χ4v) is 7.95. The summed E-state index contributed by atoms with van der Waals surface area (Å²) in [4.78, 5) is 14.7. The molecule has 54 heavy (non-hydrogen) atoms. The molecule has 10 rings (SSSR count). The fourth-order valence-electron chi connectivity index (χ4n) is 7.95. The van der Waals surface area contributed by atoms with Crippen molar-refractivity contribution < 1.29 is 4.42 Å². The summed E-state index contributed by atoms with van der Waals surface area (Å²) >= 11 is 0. The zero-order valence-corrected chi connectivity index (χ0v) is 29.4. The van der Waals surface area contributed by atoms with Gasteiger partial charge in [0.05, 0.1) is 6.54 Å². The molecule has 4 heteroatoms. The van der Waals surface area contributed by atoms with E-state index in [2.05, 4.69) is 145 Å². The number of rotatable bonds is 6. The molecule has 0 saturated carbocycles. The molecule has 4 nitrogen and oxygen atoms in total. The Morgan fingerprint density at radius 3 is 1.83 bits per heavy atom. The van der Waals surface area contributed by atoms with Gasteiger partial charge >= 0.3 is 0 Å². The lowest BCUT2D eigenvalue weighted by Gasteiger charge is -2.10. The van der Waals surface area contributed by atoms with Crippen molar-refractivity contribution >= 4 is 51.1 Å². The Kier molecular flexibility index (Phi) is 7.66. The monoisotopic (exact) mass is 691 g/mol. The number of para-hydroxylation sites is 1. The van der Waals surface area contributed by atoms with E-state index in [-0.39, 0.29) is 0 Å². The predicted molar refractivity (Wildman–Crippen MR) is 226 cm³/mol. The largest absolute Gasteiger partial charge is 0.455 e. The van der Waals surface area contributed by atoms with Crippen LogP contribution in [0.1, 0.15) is 16.7 Å². The first kappa shape index (κ1) is 31.6. The van der Waals surface area contributed by atoms with Crippen molar-refractivity contribution in [2.24, 2.45) is 15.0 Å². The van der Waals surface area contributed by atoms with Gasteiger partial charge in [-0.1, -0.05) is 170 Å². The van der Waals surface area contributed by atoms with Crippen molar-refractivity contribution in [3.05, 3.63) is 193 Å². The molecule has 0 bridgehead atoms. The van der Waals surface area contributed by atoms with Crippen LogP contribution < -0.4 is 0 Å². The summed E-state index contributed by atoms with van der Waals surface area (Å²) in [5.74, 6) is 1.07. The van der Waals surface area contributed by atoms with Gasteiger partial charge in [-0.3, -0.25) is 4.99 Å². The Balaban J connectivity index is 1.11. The van der Waals surface area contributed by atoms with Crippen molar-refractivity contribution in [1.29, 1.82) is 0 Å². The molecule has 8 aromatic carbocycles. The number of aliphatic imine (C=N–C) groups is 3. The Labute approximate surface area is 313 Å². The quantitative estimate of drug-likeness (QED) is 0.126. The Hall–Kier alpha value is -7.17. The molecule has 0 radical (unpaired) electrons. The summed E-state index contributed by atoms with van der Waals surface area (Å²) in [6, 6.07) is 61.2. The molecule has 0 saturated heterocycles. The van der Waals surface area contributed by atoms with E-state index in [1.165, 1.54) is 33.0 Å². The van der Waals surface area contributed by atoms with E-state index in [1.54, 1.807) is 0 Å². The maximum Gasteiger partial charge on any atom is 0.161 e. The van der Waals surface area contributed by atoms with Crippen LogP contribution in [0.5, 0.6) is 0 Å². The smallest absolute Gasteiger partial charge is 0.161 e. The molecule has 1 heterocycles. The number of nitrogens with zero attached hydrogens (tertiary/aromatic N) is 3. The molecular formula is C50H33N3O. The van der Waals surface area contributed by atoms with Crippen LogP contribution in [0.25, 0.3) is 77.2 Å². The normalized spacial score (nSPS) is 12.4. The minimum Gasteiger partial charge on any atom is -0.455 e. The molecule has 254 valence electrons. The van der Waals surface area contributed by atoms with Gasteiger partial charge in [-0.25, -0.2) is 9.98 Å². The first-order chi connectivity index (χ1) is 26.7. The van der Waals surface area contributed by atoms with Gasteiger partial charge in [0, 0.05) is 27.5 Å². The van der Waals surface area contributed by atoms with Crippen LogP contribution in [0.15, 0.2) is 195 Å². The minimum absolute atomic E-state index is 0.478. The SMILES string of the molecule is C=N/C(=N\C(=N/Cc1ccccc1)c1ccc(-c2ccccc2)cc1)c1cccc2oc3c(-c4ccc5c6c(cccc46)-c4ccccc4-5)cccc3c12. The van der Waals surface area contributed by atoms with Gasteiger partial charge in [0.1, 0.15) is 11.2 Å². The van der Waals surface area contributed by atoms with E-state index in [1.807, 2.05) is 42.5 Å². The third-order valence-electron chi connectivity index (χ3n) is 10.5. The van der Waals surface area contributed by atoms with Gasteiger partial charge in [-0.2, -0.15) is 0 Å². The van der Waals surface area contributed by atoms with Crippen LogP contribution in [0.2, 0.25) is 0 Å². The Morgan fingerprint density at radius 2 is 1.07 bits per heavy atom. The zero-order valence-electron chi connectivity index (χ0n) is 29.4. The van der Waals surface area contributed by atoms with Crippen molar-refractivity contribution in [1.82, 2.24) is 0 Å². The number of furan rings is 1. The van der Waals surface area contributed by atoms with E-state index in [0.717, 1.165) is 60.9 Å². The average Bonchev–Trinajstić information content (AvgIpc) is 3.79. The highest BCUT2D eigenvalue weighted by Gasteiger charge is 2.24. The van der Waals surface area contributed by atoms with Crippen LogP contribution >= 0.6 is 0 Å². The molecule has 0 unspecified atom stereocenters. The van der Waals surface area contributed by atoms with Gasteiger partial charge in [0.15, 0.2) is 11.7 Å². The van der Waals surface area contributed by atoms with Crippen LogP contribution in [0.3, 0.4) is 0 Å². The third-order valence-corrected chi connectivity index (χ3v) is 10.5. The summed E-state index contributed by atoms with van der Waals surface area (Å²) in [5, 5.41) is 4.44. The van der Waals surface area contributed by atoms with Crippen molar-refractivity contribution in [2.75, 3.05) is 0 Å². The number of hydrogen-bond donors (Lipinski definition) is 0. The van der Waals surface area contributed by atoms with Gasteiger partial charge in [-0.05, 0) is 68.1 Å². The summed E-state index contributed by atoms with van der Waals surface area (Å²) < 4.78 is 6.76. The fraction of sp³-hybridized carbons (Fsp3) is 0.0200. The molecule has 1 aliphatic rings. The highest BCUT2D eigenvalue weighted by molar-refractivity contribution is 6.24. The first-order valence-electron chi connectivity index (χ1n) is 18.2. The molecule has 0 N–H and O–H groups in total. The van der Waals surface area contributed by atoms with Gasteiger partial charge in [0.25, 0.3) is 0 Å². The maximum absolute atomic E-state index is 6.76. The van der Waals surface area contributed by atoms with Crippen LogP contribution in [-0.2, 0) is 6.54 Å². The molecule has 1 aromatic heterocycles. The summed E-state index contributed by atoms with van der Waals surface area (Å²) in [5.41, 5.74) is 14.0. The highest BCUT2D eigenvalue weighted by atomic mass is 16.3. The second kappa shape index (κ2) is 13.1. The molecule has 0 fully saturated rings. The van der Waals surface area contributed by atoms with Gasteiger partial charge in [0.2, 0.25) is 0 Å². The van der Waals surface area contributed by atoms with Crippen LogP contribution in [0.4, 0.5) is 0 Å². The predicted octanol–water partition coefficient (Wildman–Crippen LogP) is 12.8. The Bertz CT molecular complexity index is 2930. The number of hydrogen-bond acceptors (Lipinski definition) is 2. The second-order valence-corrected chi connectivity index (χ2v) is 13.6. The summed E-state index contributed by atoms with van der Waals surface area (Å²) in [6.45, 7) is 4.48. The second-order valence-electron chi connectivity index (χ2n) is 13.6. The topological polar surface area (TPSA) is 50.2 Å². The van der Waals surface area contributed by atoms with E-state index >= 15 is 0 Å². The number of amidine groups is 2. The van der Waals surface area contributed by atoms with Gasteiger partial charge < -0.3 is 4.42 Å². The van der Waals surface area contributed by atoms with Crippen LogP contribution in [-0.4, -0.2) is 18.4 Å². The first-order valence-corrected chi connectivity index (χ1v) is 18.2. The van der Waals surface area contributed by atoms with E-state index in [9.17, 15) is 0 Å². The van der Waals surface area contributed by atoms with Crippen molar-refractivity contribution in [2.45, 2.75) is 6.54 Å². The molecule has 9 aromatic rings. The standard InChI is InChI=1S/C50H33N3O/c1-51-50(53-49(52-31-32-13-4-2-5-14-32)35-27-25-34(26-28-35)33-15-6-3-7-16-33)44-23-12-24-45-47(44)43-22-11-21-42(48(43)54-45)38-29-30-41-37-18-9-8-17-36(37)39-19-10-20-40(38)46(39)41/h2-30H,1,31H2/b52-49-,53-50-. The molecule has 0 aliphatic heterocycles. The zero-order chi connectivity index (χ0) is 36.0. The third kappa shape index (κ3) is 5.27. The number of benzene rings is 8. The number of fused-ring (bicyclic) bond motifs is 6. The van der Waals surface area contributed by atoms with Crippen molar-refractivity contribution in [3.63, 3.8) is 0 Å². The average molecular weight is 692 g/mol. The Morgan fingerprint density at radius 1 is 0.463 bits per heavy atom. The van der Waals surface area contributed by atoms with E-state index < -0.39 is 0 Å². The van der Waals surface area contributed by atoms with Gasteiger partial charge in [-0.15, -0.1) is 0 Å².